The highest BCUT2D eigenvalue weighted by atomic mass is 16.5. The molecule has 20 heavy (non-hydrogen) atoms. The summed E-state index contributed by atoms with van der Waals surface area (Å²) in [5, 5.41) is 8.91. The van der Waals surface area contributed by atoms with Gasteiger partial charge in [0, 0.05) is 18.5 Å². The first-order valence-corrected chi connectivity index (χ1v) is 6.39. The molecule has 0 atom stereocenters. The number of nitrogens with zero attached hydrogens (tertiary/aromatic N) is 2. The summed E-state index contributed by atoms with van der Waals surface area (Å²) in [6.07, 6.45) is 5.32. The van der Waals surface area contributed by atoms with Gasteiger partial charge < -0.3 is 9.84 Å². The molecule has 104 valence electrons. The van der Waals surface area contributed by atoms with Crippen LogP contribution in [0.15, 0.2) is 36.7 Å². The molecule has 0 radical (unpaired) electrons. The molecule has 0 aromatic carbocycles. The lowest BCUT2D eigenvalue weighted by molar-refractivity contribution is 0.0695. The molecule has 1 N–H and O–H groups in total. The summed E-state index contributed by atoms with van der Waals surface area (Å²) >= 11 is 0. The fourth-order valence-electron chi connectivity index (χ4n) is 1.85. The highest BCUT2D eigenvalue weighted by Gasteiger charge is 2.08. The first-order chi connectivity index (χ1) is 9.66. The number of carboxylic acids is 1. The first kappa shape index (κ1) is 14.0. The largest absolute Gasteiger partial charge is 0.478 e. The lowest BCUT2D eigenvalue weighted by atomic mass is 10.1. The van der Waals surface area contributed by atoms with E-state index in [-0.39, 0.29) is 5.56 Å². The van der Waals surface area contributed by atoms with Crippen molar-refractivity contribution >= 4 is 5.97 Å². The molecule has 0 saturated carbocycles. The third kappa shape index (κ3) is 3.78. The van der Waals surface area contributed by atoms with Crippen LogP contribution in [0.2, 0.25) is 0 Å². The standard InChI is InChI=1S/C15H16N2O3/c1-11-13(15(18)19)4-5-14(17-11)20-10-2-3-12-6-8-16-9-7-12/h4-9H,2-3,10H2,1H3,(H,18,19). The van der Waals surface area contributed by atoms with Gasteiger partial charge in [0.25, 0.3) is 0 Å². The number of aryl methyl sites for hydroxylation is 2. The SMILES string of the molecule is Cc1nc(OCCCc2ccncc2)ccc1C(=O)O. The summed E-state index contributed by atoms with van der Waals surface area (Å²) < 4.78 is 5.52. The number of rotatable bonds is 6. The van der Waals surface area contributed by atoms with Gasteiger partial charge in [0.15, 0.2) is 0 Å². The predicted octanol–water partition coefficient (Wildman–Crippen LogP) is 2.49. The average Bonchev–Trinajstić information content (AvgIpc) is 2.44. The van der Waals surface area contributed by atoms with Gasteiger partial charge in [0.05, 0.1) is 17.9 Å². The molecule has 0 aliphatic heterocycles. The van der Waals surface area contributed by atoms with Crippen molar-refractivity contribution in [2.45, 2.75) is 19.8 Å². The smallest absolute Gasteiger partial charge is 0.337 e. The molecule has 0 bridgehead atoms. The summed E-state index contributed by atoms with van der Waals surface area (Å²) in [7, 11) is 0. The van der Waals surface area contributed by atoms with E-state index in [0.717, 1.165) is 12.8 Å². The summed E-state index contributed by atoms with van der Waals surface area (Å²) in [5.41, 5.74) is 1.88. The maximum Gasteiger partial charge on any atom is 0.337 e. The van der Waals surface area contributed by atoms with Crippen molar-refractivity contribution in [3.63, 3.8) is 0 Å². The van der Waals surface area contributed by atoms with Crippen LogP contribution < -0.4 is 4.74 Å². The quantitative estimate of drug-likeness (QED) is 0.818. The van der Waals surface area contributed by atoms with E-state index in [1.165, 1.54) is 11.6 Å². The minimum absolute atomic E-state index is 0.203. The van der Waals surface area contributed by atoms with Crippen LogP contribution in [0.25, 0.3) is 0 Å². The van der Waals surface area contributed by atoms with Crippen molar-refractivity contribution in [3.8, 4) is 5.88 Å². The Morgan fingerprint density at radius 1 is 1.25 bits per heavy atom. The van der Waals surface area contributed by atoms with Crippen LogP contribution >= 0.6 is 0 Å². The third-order valence-corrected chi connectivity index (χ3v) is 2.90. The van der Waals surface area contributed by atoms with E-state index in [4.69, 9.17) is 9.84 Å². The average molecular weight is 272 g/mol. The highest BCUT2D eigenvalue weighted by molar-refractivity contribution is 5.88. The first-order valence-electron chi connectivity index (χ1n) is 6.39. The number of hydrogen-bond donors (Lipinski definition) is 1. The Hall–Kier alpha value is -2.43. The maximum atomic E-state index is 10.9. The molecule has 2 aromatic heterocycles. The van der Waals surface area contributed by atoms with Crippen LogP contribution in [-0.4, -0.2) is 27.7 Å². The normalized spacial score (nSPS) is 10.2. The van der Waals surface area contributed by atoms with Crippen molar-refractivity contribution in [1.29, 1.82) is 0 Å². The maximum absolute atomic E-state index is 10.9. The topological polar surface area (TPSA) is 72.3 Å². The van der Waals surface area contributed by atoms with Gasteiger partial charge in [-0.05, 0) is 43.5 Å². The lowest BCUT2D eigenvalue weighted by Gasteiger charge is -2.07. The number of aromatic carboxylic acids is 1. The second-order valence-electron chi connectivity index (χ2n) is 4.40. The number of carbonyl (C=O) groups is 1. The van der Waals surface area contributed by atoms with Gasteiger partial charge in [-0.1, -0.05) is 0 Å². The number of ether oxygens (including phenoxy) is 1. The summed E-state index contributed by atoms with van der Waals surface area (Å²) in [6, 6.07) is 7.06. The molecule has 5 heteroatoms. The Morgan fingerprint density at radius 3 is 2.65 bits per heavy atom. The van der Waals surface area contributed by atoms with Gasteiger partial charge >= 0.3 is 5.97 Å². The van der Waals surface area contributed by atoms with Gasteiger partial charge in [-0.2, -0.15) is 0 Å². The van der Waals surface area contributed by atoms with Gasteiger partial charge in [-0.3, -0.25) is 4.98 Å². The van der Waals surface area contributed by atoms with Crippen LogP contribution in [0.4, 0.5) is 0 Å². The predicted molar refractivity (Wildman–Crippen MR) is 74.0 cm³/mol. The van der Waals surface area contributed by atoms with Crippen molar-refractivity contribution < 1.29 is 14.6 Å². The molecule has 0 spiro atoms. The van der Waals surface area contributed by atoms with Gasteiger partial charge in [-0.15, -0.1) is 0 Å². The summed E-state index contributed by atoms with van der Waals surface area (Å²) in [5.74, 6) is -0.513. The molecular weight excluding hydrogens is 256 g/mol. The third-order valence-electron chi connectivity index (χ3n) is 2.90. The van der Waals surface area contributed by atoms with Gasteiger partial charge in [0.2, 0.25) is 5.88 Å². The monoisotopic (exact) mass is 272 g/mol. The Bertz CT molecular complexity index is 585. The van der Waals surface area contributed by atoms with Gasteiger partial charge in [0.1, 0.15) is 0 Å². The zero-order valence-corrected chi connectivity index (χ0v) is 11.2. The Balaban J connectivity index is 1.83. The fraction of sp³-hybridized carbons (Fsp3) is 0.267. The fourth-order valence-corrected chi connectivity index (χ4v) is 1.85. The van der Waals surface area contributed by atoms with E-state index >= 15 is 0 Å². The van der Waals surface area contributed by atoms with Crippen LogP contribution in [0.5, 0.6) is 5.88 Å². The molecule has 0 saturated heterocycles. The van der Waals surface area contributed by atoms with Crippen molar-refractivity contribution in [2.24, 2.45) is 0 Å². The van der Waals surface area contributed by atoms with Crippen LogP contribution in [0.3, 0.4) is 0 Å². The molecule has 0 amide bonds. The Kier molecular flexibility index (Phi) is 4.65. The van der Waals surface area contributed by atoms with Crippen molar-refractivity contribution in [2.75, 3.05) is 6.61 Å². The molecule has 0 unspecified atom stereocenters. The molecule has 2 heterocycles. The molecule has 2 aromatic rings. The van der Waals surface area contributed by atoms with Crippen LogP contribution in [0, 0.1) is 6.92 Å². The Labute approximate surface area is 117 Å². The molecule has 2 rings (SSSR count). The molecule has 5 nitrogen and oxygen atoms in total. The second-order valence-corrected chi connectivity index (χ2v) is 4.40. The molecule has 0 aliphatic rings. The number of carboxylic acid groups (broad SMARTS) is 1. The minimum Gasteiger partial charge on any atom is -0.478 e. The zero-order valence-electron chi connectivity index (χ0n) is 11.2. The zero-order chi connectivity index (χ0) is 14.4. The lowest BCUT2D eigenvalue weighted by Crippen LogP contribution is -2.05. The number of aromatic nitrogens is 2. The molecular formula is C15H16N2O3. The van der Waals surface area contributed by atoms with E-state index in [0.29, 0.717) is 18.2 Å². The van der Waals surface area contributed by atoms with Crippen molar-refractivity contribution in [3.05, 3.63) is 53.5 Å². The van der Waals surface area contributed by atoms with Gasteiger partial charge in [-0.25, -0.2) is 9.78 Å². The van der Waals surface area contributed by atoms with E-state index in [9.17, 15) is 4.79 Å². The summed E-state index contributed by atoms with van der Waals surface area (Å²) in [4.78, 5) is 19.0. The van der Waals surface area contributed by atoms with E-state index < -0.39 is 5.97 Å². The molecule has 0 fully saturated rings. The van der Waals surface area contributed by atoms with Crippen molar-refractivity contribution in [1.82, 2.24) is 9.97 Å². The minimum atomic E-state index is -0.973. The van der Waals surface area contributed by atoms with Crippen LogP contribution in [-0.2, 0) is 6.42 Å². The highest BCUT2D eigenvalue weighted by Crippen LogP contribution is 2.13. The molecule has 0 aliphatic carbocycles. The van der Waals surface area contributed by atoms with E-state index in [1.54, 1.807) is 25.4 Å². The number of hydrogen-bond acceptors (Lipinski definition) is 4. The number of pyridine rings is 2. The van der Waals surface area contributed by atoms with E-state index in [2.05, 4.69) is 9.97 Å². The second kappa shape index (κ2) is 6.65. The summed E-state index contributed by atoms with van der Waals surface area (Å²) in [6.45, 7) is 2.20. The Morgan fingerprint density at radius 2 is 2.00 bits per heavy atom. The van der Waals surface area contributed by atoms with E-state index in [1.807, 2.05) is 12.1 Å². The van der Waals surface area contributed by atoms with Crippen LogP contribution in [0.1, 0.15) is 28.0 Å².